The minimum absolute atomic E-state index is 0.0772. The van der Waals surface area contributed by atoms with Gasteiger partial charge < -0.3 is 20.1 Å². The van der Waals surface area contributed by atoms with Crippen molar-refractivity contribution in [1.82, 2.24) is 15.0 Å². The summed E-state index contributed by atoms with van der Waals surface area (Å²) in [5.41, 5.74) is 1.08. The van der Waals surface area contributed by atoms with Crippen molar-refractivity contribution in [3.63, 3.8) is 0 Å². The van der Waals surface area contributed by atoms with E-state index in [4.69, 9.17) is 9.72 Å². The molecule has 2 N–H and O–H groups in total. The average Bonchev–Trinajstić information content (AvgIpc) is 3.15. The summed E-state index contributed by atoms with van der Waals surface area (Å²) in [7, 11) is 1.73. The maximum absolute atomic E-state index is 12.1. The minimum Gasteiger partial charge on any atom is -0.384 e. The third-order valence-electron chi connectivity index (χ3n) is 5.41. The van der Waals surface area contributed by atoms with Crippen LogP contribution >= 0.6 is 0 Å². The third-order valence-corrected chi connectivity index (χ3v) is 5.41. The number of nitrogens with one attached hydrogen (secondary N) is 1. The van der Waals surface area contributed by atoms with Crippen molar-refractivity contribution in [3.05, 3.63) is 30.2 Å². The van der Waals surface area contributed by atoms with Crippen molar-refractivity contribution in [1.29, 1.82) is 0 Å². The molecule has 0 aromatic carbocycles. The summed E-state index contributed by atoms with van der Waals surface area (Å²) < 4.78 is 5.49. The van der Waals surface area contributed by atoms with Crippen molar-refractivity contribution in [2.24, 2.45) is 0 Å². The first-order valence-electron chi connectivity index (χ1n) is 9.51. The number of nitrogens with zero attached hydrogens (tertiary/aromatic N) is 4. The summed E-state index contributed by atoms with van der Waals surface area (Å²) in [5.74, 6) is 1.10. The highest BCUT2D eigenvalue weighted by molar-refractivity contribution is 5.99. The molecule has 8 heteroatoms. The van der Waals surface area contributed by atoms with Crippen LogP contribution in [0.15, 0.2) is 24.5 Å². The van der Waals surface area contributed by atoms with Gasteiger partial charge in [0, 0.05) is 24.9 Å². The molecule has 28 heavy (non-hydrogen) atoms. The van der Waals surface area contributed by atoms with Crippen LogP contribution < -0.4 is 10.2 Å². The number of ether oxygens (including phenoxy) is 1. The molecule has 1 amide bonds. The zero-order valence-electron chi connectivity index (χ0n) is 16.3. The van der Waals surface area contributed by atoms with Gasteiger partial charge in [-0.25, -0.2) is 9.97 Å². The smallest absolute Gasteiger partial charge is 0.245 e. The van der Waals surface area contributed by atoms with E-state index in [9.17, 15) is 9.90 Å². The number of methoxy groups -OCH3 is 1. The number of amides is 1. The van der Waals surface area contributed by atoms with E-state index in [0.29, 0.717) is 23.0 Å². The molecule has 2 aliphatic rings. The lowest BCUT2D eigenvalue weighted by atomic mass is 10.0. The van der Waals surface area contributed by atoms with Gasteiger partial charge in [-0.1, -0.05) is 0 Å². The minimum atomic E-state index is -0.999. The number of hydrogen-bond acceptors (Lipinski definition) is 7. The van der Waals surface area contributed by atoms with Gasteiger partial charge in [0.2, 0.25) is 5.91 Å². The fourth-order valence-electron chi connectivity index (χ4n) is 3.83. The molecule has 0 spiro atoms. The molecule has 0 radical (unpaired) electrons. The lowest BCUT2D eigenvalue weighted by Crippen LogP contribution is -2.44. The molecule has 2 atom stereocenters. The second-order valence-electron chi connectivity index (χ2n) is 7.92. The molecule has 1 saturated carbocycles. The molecule has 2 aromatic rings. The first-order chi connectivity index (χ1) is 13.3. The van der Waals surface area contributed by atoms with E-state index in [1.807, 2.05) is 11.0 Å². The van der Waals surface area contributed by atoms with E-state index in [1.54, 1.807) is 39.4 Å². The Morgan fingerprint density at radius 3 is 2.71 bits per heavy atom. The van der Waals surface area contributed by atoms with E-state index in [2.05, 4.69) is 15.3 Å². The van der Waals surface area contributed by atoms with Crippen LogP contribution in [0, 0.1) is 0 Å². The van der Waals surface area contributed by atoms with Crippen LogP contribution in [0.2, 0.25) is 0 Å². The zero-order chi connectivity index (χ0) is 19.9. The fraction of sp³-hybridized carbons (Fsp3) is 0.500. The van der Waals surface area contributed by atoms with Crippen LogP contribution in [-0.2, 0) is 15.1 Å². The molecule has 1 aliphatic heterocycles. The lowest BCUT2D eigenvalue weighted by Gasteiger charge is -2.34. The van der Waals surface area contributed by atoms with Crippen LogP contribution in [0.25, 0.3) is 11.3 Å². The quantitative estimate of drug-likeness (QED) is 0.834. The molecule has 1 aliphatic carbocycles. The summed E-state index contributed by atoms with van der Waals surface area (Å²) in [5, 5.41) is 12.9. The predicted molar refractivity (Wildman–Crippen MR) is 105 cm³/mol. The normalized spacial score (nSPS) is 22.1. The number of hydrogen-bond donors (Lipinski definition) is 2. The second kappa shape index (κ2) is 7.10. The number of pyridine rings is 1. The van der Waals surface area contributed by atoms with Gasteiger partial charge in [-0.15, -0.1) is 0 Å². The van der Waals surface area contributed by atoms with Gasteiger partial charge in [0.25, 0.3) is 0 Å². The number of carbonyl (C=O) groups is 1. The molecule has 0 unspecified atom stereocenters. The summed E-state index contributed by atoms with van der Waals surface area (Å²) >= 11 is 0. The van der Waals surface area contributed by atoms with Crippen molar-refractivity contribution >= 4 is 17.5 Å². The van der Waals surface area contributed by atoms with E-state index in [-0.39, 0.29) is 24.6 Å². The lowest BCUT2D eigenvalue weighted by molar-refractivity contribution is -0.115. The number of anilines is 2. The van der Waals surface area contributed by atoms with Gasteiger partial charge in [-0.2, -0.15) is 0 Å². The Morgan fingerprint density at radius 2 is 2.07 bits per heavy atom. The van der Waals surface area contributed by atoms with E-state index >= 15 is 0 Å². The van der Waals surface area contributed by atoms with Crippen molar-refractivity contribution < 1.29 is 14.6 Å². The highest BCUT2D eigenvalue weighted by Crippen LogP contribution is 2.35. The molecule has 1 fully saturated rings. The van der Waals surface area contributed by atoms with Crippen molar-refractivity contribution in [2.45, 2.75) is 50.9 Å². The van der Waals surface area contributed by atoms with E-state index in [0.717, 1.165) is 24.8 Å². The summed E-state index contributed by atoms with van der Waals surface area (Å²) in [6, 6.07) is 3.87. The Balaban J connectivity index is 1.66. The first-order valence-corrected chi connectivity index (χ1v) is 9.51. The maximum Gasteiger partial charge on any atom is 0.245 e. The van der Waals surface area contributed by atoms with Crippen LogP contribution in [0.3, 0.4) is 0 Å². The standard InChI is InChI=1S/C20H25N5O3/c1-20(2,27)16-7-4-12(9-21-16)15-10-22-18-19(23-15)25(11-17(26)24-18)13-5-6-14(8-13)28-3/h4,7,9-10,13-14,27H,5-6,8,11H2,1-3H3,(H,22,24,26)/t13-,14+/m0/s1. The molecule has 4 rings (SSSR count). The molecule has 3 heterocycles. The Kier molecular flexibility index (Phi) is 4.76. The molecule has 8 nitrogen and oxygen atoms in total. The Bertz CT molecular complexity index is 878. The SMILES string of the molecule is CO[C@@H]1CC[C@H](N2CC(=O)Nc3ncc(-c4ccc(C(C)(C)O)nc4)nc32)C1. The van der Waals surface area contributed by atoms with Crippen molar-refractivity contribution in [2.75, 3.05) is 23.9 Å². The van der Waals surface area contributed by atoms with Gasteiger partial charge in [-0.3, -0.25) is 9.78 Å². The highest BCUT2D eigenvalue weighted by atomic mass is 16.5. The number of fused-ring (bicyclic) bond motifs is 1. The van der Waals surface area contributed by atoms with E-state index in [1.165, 1.54) is 0 Å². The molecular weight excluding hydrogens is 358 g/mol. The number of rotatable bonds is 4. The first kappa shape index (κ1) is 18.8. The predicted octanol–water partition coefficient (Wildman–Crippen LogP) is 2.09. The van der Waals surface area contributed by atoms with Gasteiger partial charge >= 0.3 is 0 Å². The van der Waals surface area contributed by atoms with Gasteiger partial charge in [0.05, 0.1) is 30.2 Å². The maximum atomic E-state index is 12.1. The highest BCUT2D eigenvalue weighted by Gasteiger charge is 2.35. The Morgan fingerprint density at radius 1 is 1.25 bits per heavy atom. The fourth-order valence-corrected chi connectivity index (χ4v) is 3.83. The molecule has 0 saturated heterocycles. The number of aliphatic hydroxyl groups is 1. The third kappa shape index (κ3) is 3.57. The Labute approximate surface area is 164 Å². The van der Waals surface area contributed by atoms with E-state index < -0.39 is 5.60 Å². The van der Waals surface area contributed by atoms with Gasteiger partial charge in [-0.05, 0) is 45.2 Å². The molecule has 2 aromatic heterocycles. The second-order valence-corrected chi connectivity index (χ2v) is 7.92. The largest absolute Gasteiger partial charge is 0.384 e. The monoisotopic (exact) mass is 383 g/mol. The molecule has 148 valence electrons. The summed E-state index contributed by atoms with van der Waals surface area (Å²) in [6.07, 6.45) is 6.34. The molecule has 0 bridgehead atoms. The van der Waals surface area contributed by atoms with Crippen LogP contribution in [-0.4, -0.2) is 51.8 Å². The zero-order valence-corrected chi connectivity index (χ0v) is 16.3. The average molecular weight is 383 g/mol. The number of aromatic nitrogens is 3. The molecular formula is C20H25N5O3. The van der Waals surface area contributed by atoms with Crippen LogP contribution in [0.4, 0.5) is 11.6 Å². The Hall–Kier alpha value is -2.58. The van der Waals surface area contributed by atoms with Crippen molar-refractivity contribution in [3.8, 4) is 11.3 Å². The summed E-state index contributed by atoms with van der Waals surface area (Å²) in [6.45, 7) is 3.66. The van der Waals surface area contributed by atoms with Gasteiger partial charge in [0.15, 0.2) is 11.6 Å². The van der Waals surface area contributed by atoms with Gasteiger partial charge in [0.1, 0.15) is 5.60 Å². The number of carbonyl (C=O) groups excluding carboxylic acids is 1. The van der Waals surface area contributed by atoms with Crippen LogP contribution in [0.1, 0.15) is 38.8 Å². The van der Waals surface area contributed by atoms with Crippen LogP contribution in [0.5, 0.6) is 0 Å². The topological polar surface area (TPSA) is 100 Å². The summed E-state index contributed by atoms with van der Waals surface area (Å²) in [4.78, 5) is 27.8.